The molecular weight excluding hydrogens is 464 g/mol. The normalized spacial score (nSPS) is 10.8. The summed E-state index contributed by atoms with van der Waals surface area (Å²) in [6.07, 6.45) is 3.04. The average Bonchev–Trinajstić information content (AvgIpc) is 2.87. The number of fused-ring (bicyclic) bond motifs is 1. The van der Waals surface area contributed by atoms with Crippen LogP contribution in [0.2, 0.25) is 0 Å². The second kappa shape index (κ2) is 9.83. The minimum Gasteiger partial charge on any atom is -0.496 e. The van der Waals surface area contributed by atoms with Gasteiger partial charge in [-0.05, 0) is 48.5 Å². The molecular formula is C26H22N4O4S. The number of hydrogen-bond donors (Lipinski definition) is 1. The van der Waals surface area contributed by atoms with Crippen LogP contribution in [0.3, 0.4) is 0 Å². The third kappa shape index (κ3) is 5.08. The quantitative estimate of drug-likeness (QED) is 0.433. The highest BCUT2D eigenvalue weighted by molar-refractivity contribution is 7.93. The fourth-order valence-electron chi connectivity index (χ4n) is 3.36. The van der Waals surface area contributed by atoms with E-state index < -0.39 is 10.0 Å². The molecule has 1 N–H and O–H groups in total. The zero-order chi connectivity index (χ0) is 25.0. The zero-order valence-corrected chi connectivity index (χ0v) is 20.1. The molecule has 0 saturated carbocycles. The molecule has 0 fully saturated rings. The molecule has 176 valence electrons. The van der Waals surface area contributed by atoms with Crippen LogP contribution < -0.4 is 9.46 Å². The third-order valence-corrected chi connectivity index (χ3v) is 6.50. The lowest BCUT2D eigenvalue weighted by atomic mass is 10.1. The van der Waals surface area contributed by atoms with Gasteiger partial charge in [0.1, 0.15) is 16.3 Å². The molecule has 9 heteroatoms. The molecule has 4 aromatic rings. The number of hydrogen-bond acceptors (Lipinski definition) is 6. The summed E-state index contributed by atoms with van der Waals surface area (Å²) in [6, 6.07) is 16.7. The Kier molecular flexibility index (Phi) is 6.66. The number of rotatable bonds is 5. The lowest BCUT2D eigenvalue weighted by Crippen LogP contribution is -2.22. The Bertz CT molecular complexity index is 1570. The van der Waals surface area contributed by atoms with Crippen LogP contribution in [0.4, 0.5) is 5.69 Å². The maximum absolute atomic E-state index is 13.3. The maximum Gasteiger partial charge on any atom is 0.271 e. The Morgan fingerprint density at radius 1 is 0.971 bits per heavy atom. The van der Waals surface area contributed by atoms with Crippen molar-refractivity contribution in [2.75, 3.05) is 25.9 Å². The number of nitrogens with zero attached hydrogens (tertiary/aromatic N) is 3. The van der Waals surface area contributed by atoms with Crippen molar-refractivity contribution in [1.82, 2.24) is 14.9 Å². The second-order valence-electron chi connectivity index (χ2n) is 7.70. The summed E-state index contributed by atoms with van der Waals surface area (Å²) in [5.74, 6) is 6.28. The standard InChI is InChI=1S/C26H22N4O4S/c1-30(2)26(31)22-13-11-18(17-28-22)10-12-19-7-4-5-9-21(19)29-35(32,33)24-15-14-23(34-3)20-8-6-16-27-25(20)24/h4-9,11,13-17,29H,1-3H3. The number of pyridine rings is 2. The molecule has 0 aliphatic carbocycles. The Labute approximate surface area is 203 Å². The minimum absolute atomic E-state index is 0.0296. The number of sulfonamides is 1. The lowest BCUT2D eigenvalue weighted by Gasteiger charge is -2.13. The van der Waals surface area contributed by atoms with Crippen molar-refractivity contribution < 1.29 is 17.9 Å². The molecule has 0 unspecified atom stereocenters. The molecule has 0 saturated heterocycles. The number of nitrogens with one attached hydrogen (secondary N) is 1. The van der Waals surface area contributed by atoms with Crippen LogP contribution in [0.1, 0.15) is 21.6 Å². The van der Waals surface area contributed by atoms with Crippen molar-refractivity contribution in [3.8, 4) is 17.6 Å². The van der Waals surface area contributed by atoms with Crippen LogP contribution in [0.5, 0.6) is 5.75 Å². The SMILES string of the molecule is COc1ccc(S(=O)(=O)Nc2ccccc2C#Cc2ccc(C(=O)N(C)C)nc2)c2ncccc12. The molecule has 0 aliphatic rings. The first-order chi connectivity index (χ1) is 16.8. The highest BCUT2D eigenvalue weighted by atomic mass is 32.2. The van der Waals surface area contributed by atoms with E-state index in [1.165, 1.54) is 30.5 Å². The average molecular weight is 487 g/mol. The lowest BCUT2D eigenvalue weighted by molar-refractivity contribution is 0.0822. The number of carbonyl (C=O) groups is 1. The first-order valence-corrected chi connectivity index (χ1v) is 12.0. The van der Waals surface area contributed by atoms with E-state index in [1.54, 1.807) is 68.7 Å². The number of aromatic nitrogens is 2. The fourth-order valence-corrected chi connectivity index (χ4v) is 4.60. The van der Waals surface area contributed by atoms with Crippen LogP contribution in [0, 0.1) is 11.8 Å². The van der Waals surface area contributed by atoms with Gasteiger partial charge >= 0.3 is 0 Å². The van der Waals surface area contributed by atoms with Crippen molar-refractivity contribution in [1.29, 1.82) is 0 Å². The third-order valence-electron chi connectivity index (χ3n) is 5.10. The van der Waals surface area contributed by atoms with E-state index in [0.29, 0.717) is 39.2 Å². The summed E-state index contributed by atoms with van der Waals surface area (Å²) >= 11 is 0. The van der Waals surface area contributed by atoms with Gasteiger partial charge in [0.25, 0.3) is 15.9 Å². The van der Waals surface area contributed by atoms with Gasteiger partial charge in [0.15, 0.2) is 0 Å². The molecule has 0 bridgehead atoms. The Balaban J connectivity index is 1.65. The van der Waals surface area contributed by atoms with Crippen molar-refractivity contribution >= 4 is 32.5 Å². The highest BCUT2D eigenvalue weighted by Crippen LogP contribution is 2.30. The van der Waals surface area contributed by atoms with E-state index in [2.05, 4.69) is 26.5 Å². The van der Waals surface area contributed by atoms with Crippen LogP contribution >= 0.6 is 0 Å². The first kappa shape index (κ1) is 23.7. The molecule has 0 radical (unpaired) electrons. The fraction of sp³-hybridized carbons (Fsp3) is 0.115. The molecule has 2 heterocycles. The summed E-state index contributed by atoms with van der Waals surface area (Å²) in [5.41, 5.74) is 2.02. The van der Waals surface area contributed by atoms with E-state index in [0.717, 1.165) is 0 Å². The van der Waals surface area contributed by atoms with E-state index in [1.807, 2.05) is 0 Å². The largest absolute Gasteiger partial charge is 0.496 e. The first-order valence-electron chi connectivity index (χ1n) is 10.5. The monoisotopic (exact) mass is 486 g/mol. The topological polar surface area (TPSA) is 101 Å². The van der Waals surface area contributed by atoms with Crippen molar-refractivity contribution in [2.45, 2.75) is 4.90 Å². The molecule has 0 aliphatic heterocycles. The Morgan fingerprint density at radius 3 is 2.49 bits per heavy atom. The van der Waals surface area contributed by atoms with Crippen molar-refractivity contribution in [3.05, 3.63) is 89.9 Å². The molecule has 2 aromatic heterocycles. The van der Waals surface area contributed by atoms with E-state index >= 15 is 0 Å². The maximum atomic E-state index is 13.3. The number of methoxy groups -OCH3 is 1. The highest BCUT2D eigenvalue weighted by Gasteiger charge is 2.21. The summed E-state index contributed by atoms with van der Waals surface area (Å²) in [4.78, 5) is 21.9. The number of carbonyl (C=O) groups excluding carboxylic acids is 1. The molecule has 0 atom stereocenters. The van der Waals surface area contributed by atoms with E-state index in [4.69, 9.17) is 4.74 Å². The molecule has 8 nitrogen and oxygen atoms in total. The summed E-state index contributed by atoms with van der Waals surface area (Å²) in [6.45, 7) is 0. The van der Waals surface area contributed by atoms with Crippen LogP contribution in [0.25, 0.3) is 10.9 Å². The number of ether oxygens (including phenoxy) is 1. The smallest absolute Gasteiger partial charge is 0.271 e. The van der Waals surface area contributed by atoms with Crippen LogP contribution in [-0.4, -0.2) is 50.4 Å². The summed E-state index contributed by atoms with van der Waals surface area (Å²) in [5, 5.41) is 0.592. The van der Waals surface area contributed by atoms with Gasteiger partial charge in [0.05, 0.1) is 18.3 Å². The van der Waals surface area contributed by atoms with Crippen LogP contribution in [-0.2, 0) is 10.0 Å². The van der Waals surface area contributed by atoms with Crippen LogP contribution in [0.15, 0.2) is 78.0 Å². The number of amides is 1. The van der Waals surface area contributed by atoms with E-state index in [9.17, 15) is 13.2 Å². The van der Waals surface area contributed by atoms with Gasteiger partial charge in [-0.1, -0.05) is 24.0 Å². The molecule has 2 aromatic carbocycles. The predicted molar refractivity (Wildman–Crippen MR) is 134 cm³/mol. The second-order valence-corrected chi connectivity index (χ2v) is 9.35. The van der Waals surface area contributed by atoms with Gasteiger partial charge < -0.3 is 9.64 Å². The molecule has 4 rings (SSSR count). The zero-order valence-electron chi connectivity index (χ0n) is 19.3. The van der Waals surface area contributed by atoms with Gasteiger partial charge in [-0.2, -0.15) is 0 Å². The van der Waals surface area contributed by atoms with Gasteiger partial charge in [-0.3, -0.25) is 14.5 Å². The van der Waals surface area contributed by atoms with E-state index in [-0.39, 0.29) is 10.8 Å². The van der Waals surface area contributed by atoms with Gasteiger partial charge in [-0.25, -0.2) is 13.4 Å². The summed E-state index contributed by atoms with van der Waals surface area (Å²) in [7, 11) is 0.843. The van der Waals surface area contributed by atoms with Crippen molar-refractivity contribution in [2.24, 2.45) is 0 Å². The Hall–Kier alpha value is -4.42. The number of anilines is 1. The number of para-hydroxylation sites is 1. The Morgan fingerprint density at radius 2 is 1.77 bits per heavy atom. The molecule has 1 amide bonds. The predicted octanol–water partition coefficient (Wildman–Crippen LogP) is 3.54. The van der Waals surface area contributed by atoms with Gasteiger partial charge in [-0.15, -0.1) is 0 Å². The van der Waals surface area contributed by atoms with Crippen molar-refractivity contribution in [3.63, 3.8) is 0 Å². The van der Waals surface area contributed by atoms with Gasteiger partial charge in [0.2, 0.25) is 0 Å². The summed E-state index contributed by atoms with van der Waals surface area (Å²) < 4.78 is 34.6. The number of benzene rings is 2. The molecule has 0 spiro atoms. The minimum atomic E-state index is -3.98. The molecule has 35 heavy (non-hydrogen) atoms. The van der Waals surface area contributed by atoms with Gasteiger partial charge in [0, 0.05) is 43.0 Å².